The first-order chi connectivity index (χ1) is 7.57. The molecular formula is C15H22LiN. The second-order valence-corrected chi connectivity index (χ2v) is 5.76. The minimum absolute atomic E-state index is 0. The van der Waals surface area contributed by atoms with Crippen LogP contribution in [0.5, 0.6) is 0 Å². The van der Waals surface area contributed by atoms with Crippen LogP contribution < -0.4 is 23.8 Å². The maximum atomic E-state index is 3.38. The molecule has 0 unspecified atom stereocenters. The van der Waals surface area contributed by atoms with Gasteiger partial charge in [0.2, 0.25) is 0 Å². The van der Waals surface area contributed by atoms with Gasteiger partial charge >= 0.3 is 18.9 Å². The predicted octanol–water partition coefficient (Wildman–Crippen LogP) is 0.779. The molecule has 1 aliphatic rings. The molecule has 0 amide bonds. The van der Waals surface area contributed by atoms with E-state index in [9.17, 15) is 0 Å². The predicted molar refractivity (Wildman–Crippen MR) is 70.0 cm³/mol. The molecule has 2 rings (SSSR count). The van der Waals surface area contributed by atoms with Crippen molar-refractivity contribution in [2.24, 2.45) is 0 Å². The number of hydrogen-bond donors (Lipinski definition) is 0. The monoisotopic (exact) mass is 223 g/mol. The third kappa shape index (κ3) is 3.80. The van der Waals surface area contributed by atoms with Crippen LogP contribution in [0.2, 0.25) is 0 Å². The van der Waals surface area contributed by atoms with Crippen molar-refractivity contribution < 1.29 is 18.9 Å². The summed E-state index contributed by atoms with van der Waals surface area (Å²) in [5.74, 6) is 0. The van der Waals surface area contributed by atoms with Crippen LogP contribution in [0.25, 0.3) is 0 Å². The van der Waals surface area contributed by atoms with Gasteiger partial charge in [-0.2, -0.15) is 23.8 Å². The fourth-order valence-corrected chi connectivity index (χ4v) is 2.24. The van der Waals surface area contributed by atoms with Crippen molar-refractivity contribution in [1.29, 1.82) is 0 Å². The largest absolute Gasteiger partial charge is 1.00 e. The van der Waals surface area contributed by atoms with Crippen molar-refractivity contribution in [3.8, 4) is 0 Å². The van der Waals surface area contributed by atoms with Crippen molar-refractivity contribution in [1.82, 2.24) is 0 Å². The van der Waals surface area contributed by atoms with E-state index in [-0.39, 0.29) is 24.3 Å². The Bertz CT molecular complexity index is 348. The molecule has 0 atom stereocenters. The second-order valence-electron chi connectivity index (χ2n) is 5.76. The molecular weight excluding hydrogens is 201 g/mol. The van der Waals surface area contributed by atoms with Gasteiger partial charge in [-0.15, -0.1) is 6.07 Å². The minimum atomic E-state index is 0. The Kier molecular flexibility index (Phi) is 5.17. The zero-order chi connectivity index (χ0) is 11.6. The second kappa shape index (κ2) is 5.98. The first-order valence-corrected chi connectivity index (χ1v) is 6.34. The van der Waals surface area contributed by atoms with Gasteiger partial charge in [-0.05, 0) is 24.7 Å². The third-order valence-electron chi connectivity index (χ3n) is 3.35. The Morgan fingerprint density at radius 1 is 1.12 bits per heavy atom. The summed E-state index contributed by atoms with van der Waals surface area (Å²) in [6.07, 6.45) is 4.04. The molecule has 88 valence electrons. The number of benzene rings is 1. The summed E-state index contributed by atoms with van der Waals surface area (Å²) in [4.78, 5) is 2.47. The minimum Gasteiger partial charge on any atom is -0.394 e. The third-order valence-corrected chi connectivity index (χ3v) is 3.35. The van der Waals surface area contributed by atoms with Crippen LogP contribution in [0.15, 0.2) is 18.2 Å². The normalized spacial score (nSPS) is 16.5. The maximum Gasteiger partial charge on any atom is 1.00 e. The van der Waals surface area contributed by atoms with Crippen LogP contribution in [0.4, 0.5) is 5.69 Å². The quantitative estimate of drug-likeness (QED) is 0.502. The zero-order valence-corrected chi connectivity index (χ0v) is 11.7. The fourth-order valence-electron chi connectivity index (χ4n) is 2.24. The summed E-state index contributed by atoms with van der Waals surface area (Å²) < 4.78 is 0. The van der Waals surface area contributed by atoms with E-state index in [1.807, 2.05) is 0 Å². The van der Waals surface area contributed by atoms with E-state index in [0.717, 1.165) is 0 Å². The van der Waals surface area contributed by atoms with Crippen LogP contribution in [0.1, 0.15) is 45.6 Å². The van der Waals surface area contributed by atoms with Crippen LogP contribution >= 0.6 is 0 Å². The average molecular weight is 223 g/mol. The van der Waals surface area contributed by atoms with Gasteiger partial charge in [0, 0.05) is 13.1 Å². The smallest absolute Gasteiger partial charge is 0.394 e. The molecule has 17 heavy (non-hydrogen) atoms. The van der Waals surface area contributed by atoms with Gasteiger partial charge in [-0.3, -0.25) is 0 Å². The molecule has 0 radical (unpaired) electrons. The van der Waals surface area contributed by atoms with E-state index < -0.39 is 0 Å². The molecule has 1 saturated heterocycles. The topological polar surface area (TPSA) is 3.24 Å². The van der Waals surface area contributed by atoms with Crippen LogP contribution in [0.3, 0.4) is 0 Å². The molecule has 0 N–H and O–H groups in total. The van der Waals surface area contributed by atoms with Crippen molar-refractivity contribution in [2.45, 2.75) is 45.4 Å². The fraction of sp³-hybridized carbons (Fsp3) is 0.600. The standard InChI is InChI=1S/C15H22N.Li/c1-15(2,3)13-8-7-9-14(12-13)16-10-5-4-6-11-16;/h7-8,12H,4-6,10-11H2,1-3H3;/q-1;+1. The van der Waals surface area contributed by atoms with E-state index >= 15 is 0 Å². The molecule has 1 aliphatic heterocycles. The summed E-state index contributed by atoms with van der Waals surface area (Å²) in [6, 6.07) is 9.95. The summed E-state index contributed by atoms with van der Waals surface area (Å²) in [6.45, 7) is 9.20. The van der Waals surface area contributed by atoms with Gasteiger partial charge in [0.05, 0.1) is 0 Å². The Morgan fingerprint density at radius 2 is 1.76 bits per heavy atom. The molecule has 0 bridgehead atoms. The number of rotatable bonds is 1. The number of anilines is 1. The molecule has 1 heterocycles. The summed E-state index contributed by atoms with van der Waals surface area (Å²) in [5.41, 5.74) is 2.93. The van der Waals surface area contributed by atoms with Gasteiger partial charge in [-0.25, -0.2) is 0 Å². The first kappa shape index (κ1) is 14.7. The van der Waals surface area contributed by atoms with E-state index in [2.05, 4.69) is 49.9 Å². The molecule has 2 heteroatoms. The first-order valence-electron chi connectivity index (χ1n) is 6.34. The number of nitrogens with zero attached hydrogens (tertiary/aromatic N) is 1. The van der Waals surface area contributed by atoms with Crippen molar-refractivity contribution >= 4 is 5.69 Å². The summed E-state index contributed by atoms with van der Waals surface area (Å²) >= 11 is 0. The van der Waals surface area contributed by atoms with Gasteiger partial charge in [-0.1, -0.05) is 26.5 Å². The molecule has 1 aromatic rings. The van der Waals surface area contributed by atoms with Crippen LogP contribution in [-0.2, 0) is 5.41 Å². The molecule has 1 nitrogen and oxygen atoms in total. The molecule has 1 fully saturated rings. The SMILES string of the molecule is CC(C)(C)c1cc[c-]c(N2CCCCC2)c1.[Li+]. The number of hydrogen-bond acceptors (Lipinski definition) is 1. The van der Waals surface area contributed by atoms with Gasteiger partial charge < -0.3 is 4.90 Å². The molecule has 0 saturated carbocycles. The summed E-state index contributed by atoms with van der Waals surface area (Å²) in [7, 11) is 0. The Morgan fingerprint density at radius 3 is 2.35 bits per heavy atom. The Hall–Kier alpha value is -0.383. The molecule has 0 aliphatic carbocycles. The zero-order valence-electron chi connectivity index (χ0n) is 11.7. The van der Waals surface area contributed by atoms with E-state index in [1.54, 1.807) is 0 Å². The Balaban J connectivity index is 0.00000144. The van der Waals surface area contributed by atoms with E-state index in [0.29, 0.717) is 0 Å². The van der Waals surface area contributed by atoms with Gasteiger partial charge in [0.15, 0.2) is 0 Å². The maximum absolute atomic E-state index is 3.38. The number of piperidine rings is 1. The molecule has 0 aromatic heterocycles. The average Bonchev–Trinajstić information content (AvgIpc) is 2.29. The molecule has 0 spiro atoms. The van der Waals surface area contributed by atoms with Gasteiger partial charge in [0.1, 0.15) is 0 Å². The van der Waals surface area contributed by atoms with Crippen LogP contribution in [0, 0.1) is 6.07 Å². The summed E-state index contributed by atoms with van der Waals surface area (Å²) in [5, 5.41) is 0. The Labute approximate surface area is 118 Å². The van der Waals surface area contributed by atoms with Crippen molar-refractivity contribution in [2.75, 3.05) is 18.0 Å². The van der Waals surface area contributed by atoms with E-state index in [1.165, 1.54) is 43.6 Å². The van der Waals surface area contributed by atoms with Gasteiger partial charge in [0.25, 0.3) is 0 Å². The van der Waals surface area contributed by atoms with Crippen molar-refractivity contribution in [3.05, 3.63) is 29.8 Å². The molecule has 1 aromatic carbocycles. The van der Waals surface area contributed by atoms with Crippen LogP contribution in [-0.4, -0.2) is 13.1 Å². The van der Waals surface area contributed by atoms with E-state index in [4.69, 9.17) is 0 Å². The van der Waals surface area contributed by atoms with Crippen molar-refractivity contribution in [3.63, 3.8) is 0 Å².